The van der Waals surface area contributed by atoms with Gasteiger partial charge in [0.25, 0.3) is 0 Å². The summed E-state index contributed by atoms with van der Waals surface area (Å²) in [6.07, 6.45) is 8.42. The number of carbonyl (C=O) groups is 2. The molecule has 0 aliphatic carbocycles. The zero-order valence-electron chi connectivity index (χ0n) is 14.5. The maximum Gasteiger partial charge on any atom is 0.337 e. The Morgan fingerprint density at radius 2 is 1.78 bits per heavy atom. The second kappa shape index (κ2) is 7.20. The smallest absolute Gasteiger partial charge is 0.337 e. The number of hydrogen-bond donors (Lipinski definition) is 0. The molecule has 0 aromatic heterocycles. The first-order valence-corrected chi connectivity index (χ1v) is 8.45. The Morgan fingerprint density at radius 1 is 1.09 bits per heavy atom. The molecule has 5 heteroatoms. The predicted octanol–water partition coefficient (Wildman–Crippen LogP) is 2.96. The van der Waals surface area contributed by atoms with E-state index in [1.807, 2.05) is 31.0 Å². The molecule has 23 heavy (non-hydrogen) atoms. The van der Waals surface area contributed by atoms with E-state index in [-0.39, 0.29) is 18.2 Å². The van der Waals surface area contributed by atoms with Crippen LogP contribution >= 0.6 is 0 Å². The monoisotopic (exact) mass is 321 g/mol. The van der Waals surface area contributed by atoms with Gasteiger partial charge >= 0.3 is 11.9 Å². The summed E-state index contributed by atoms with van der Waals surface area (Å²) >= 11 is 0. The normalized spacial score (nSPS) is 24.1. The Labute approximate surface area is 138 Å². The van der Waals surface area contributed by atoms with E-state index in [9.17, 15) is 9.59 Å². The Balaban J connectivity index is 2.44. The van der Waals surface area contributed by atoms with Crippen molar-refractivity contribution >= 4 is 11.9 Å². The molecular weight excluding hydrogens is 294 g/mol. The van der Waals surface area contributed by atoms with Gasteiger partial charge in [0, 0.05) is 12.7 Å². The first-order chi connectivity index (χ1) is 10.9. The molecule has 1 fully saturated rings. The van der Waals surface area contributed by atoms with Crippen molar-refractivity contribution in [3.8, 4) is 0 Å². The second-order valence-electron chi connectivity index (χ2n) is 6.69. The molecule has 0 radical (unpaired) electrons. The molecule has 0 amide bonds. The van der Waals surface area contributed by atoms with Gasteiger partial charge in [-0.1, -0.05) is 12.8 Å². The van der Waals surface area contributed by atoms with Crippen LogP contribution in [-0.4, -0.2) is 41.1 Å². The maximum atomic E-state index is 13.0. The van der Waals surface area contributed by atoms with Crippen LogP contribution in [-0.2, 0) is 19.1 Å². The third-order valence-corrected chi connectivity index (χ3v) is 4.15. The Hall–Kier alpha value is -1.78. The van der Waals surface area contributed by atoms with Crippen molar-refractivity contribution in [2.24, 2.45) is 0 Å². The lowest BCUT2D eigenvalue weighted by Crippen LogP contribution is -2.57. The Bertz CT molecular complexity index is 521. The van der Waals surface area contributed by atoms with Gasteiger partial charge < -0.3 is 14.4 Å². The molecule has 0 N–H and O–H groups in total. The summed E-state index contributed by atoms with van der Waals surface area (Å²) in [4.78, 5) is 27.5. The van der Waals surface area contributed by atoms with Crippen molar-refractivity contribution in [1.29, 1.82) is 0 Å². The average molecular weight is 321 g/mol. The third kappa shape index (κ3) is 3.59. The van der Waals surface area contributed by atoms with Crippen LogP contribution in [0.25, 0.3) is 0 Å². The Morgan fingerprint density at radius 3 is 2.43 bits per heavy atom. The van der Waals surface area contributed by atoms with Crippen molar-refractivity contribution in [2.45, 2.75) is 71.1 Å². The van der Waals surface area contributed by atoms with E-state index in [0.29, 0.717) is 12.0 Å². The molecule has 1 unspecified atom stereocenters. The fraction of sp³-hybridized carbons (Fsp3) is 0.667. The molecule has 2 aliphatic heterocycles. The maximum absolute atomic E-state index is 13.0. The number of esters is 2. The Kier molecular flexibility index (Phi) is 5.50. The fourth-order valence-corrected chi connectivity index (χ4v) is 3.20. The number of nitrogens with zero attached hydrogens (tertiary/aromatic N) is 1. The number of carbonyl (C=O) groups excluding carboxylic acids is 2. The predicted molar refractivity (Wildman–Crippen MR) is 87.6 cm³/mol. The summed E-state index contributed by atoms with van der Waals surface area (Å²) in [6, 6.07) is 0. The van der Waals surface area contributed by atoms with Gasteiger partial charge in [-0.15, -0.1) is 0 Å². The summed E-state index contributed by atoms with van der Waals surface area (Å²) in [6.45, 7) is 7.99. The summed E-state index contributed by atoms with van der Waals surface area (Å²) < 4.78 is 10.9. The van der Waals surface area contributed by atoms with E-state index in [2.05, 4.69) is 0 Å². The minimum atomic E-state index is -1.05. The van der Waals surface area contributed by atoms with Gasteiger partial charge in [0.2, 0.25) is 0 Å². The zero-order chi connectivity index (χ0) is 17.0. The van der Waals surface area contributed by atoms with Gasteiger partial charge in [-0.05, 0) is 52.7 Å². The van der Waals surface area contributed by atoms with Gasteiger partial charge in [0.15, 0.2) is 5.54 Å². The standard InChI is InChI=1S/C18H27NO4/c1-13(2)22-16(20)15-9-8-12-19-11-7-5-6-10-18(15,19)17(21)23-14(3)4/h8-9,12-14H,5-7,10-11H2,1-4H3. The molecule has 1 atom stereocenters. The van der Waals surface area contributed by atoms with Gasteiger partial charge in [-0.25, -0.2) is 9.59 Å². The van der Waals surface area contributed by atoms with Crippen molar-refractivity contribution < 1.29 is 19.1 Å². The number of ether oxygens (including phenoxy) is 2. The van der Waals surface area contributed by atoms with E-state index in [4.69, 9.17) is 9.47 Å². The quantitative estimate of drug-likeness (QED) is 0.745. The molecule has 0 spiro atoms. The highest BCUT2D eigenvalue weighted by atomic mass is 16.6. The van der Waals surface area contributed by atoms with Crippen LogP contribution < -0.4 is 0 Å². The largest absolute Gasteiger partial charge is 0.461 e. The lowest BCUT2D eigenvalue weighted by atomic mass is 9.81. The van der Waals surface area contributed by atoms with Crippen molar-refractivity contribution in [1.82, 2.24) is 4.90 Å². The topological polar surface area (TPSA) is 55.8 Å². The fourth-order valence-electron chi connectivity index (χ4n) is 3.20. The lowest BCUT2D eigenvalue weighted by molar-refractivity contribution is -0.162. The van der Waals surface area contributed by atoms with Crippen LogP contribution in [0.3, 0.4) is 0 Å². The first kappa shape index (κ1) is 17.6. The van der Waals surface area contributed by atoms with Crippen LogP contribution in [0.1, 0.15) is 53.4 Å². The molecule has 5 nitrogen and oxygen atoms in total. The SMILES string of the molecule is CC(C)OC(=O)C1=CC=CN2CCCCCC12C(=O)OC(C)C. The van der Waals surface area contributed by atoms with E-state index in [1.54, 1.807) is 19.9 Å². The molecule has 0 aromatic rings. The number of hydrogen-bond acceptors (Lipinski definition) is 5. The molecule has 2 heterocycles. The molecule has 2 aliphatic rings. The van der Waals surface area contributed by atoms with Crippen molar-refractivity contribution in [3.05, 3.63) is 23.9 Å². The van der Waals surface area contributed by atoms with E-state index in [1.165, 1.54) is 0 Å². The highest BCUT2D eigenvalue weighted by molar-refractivity contribution is 6.02. The van der Waals surface area contributed by atoms with Crippen LogP contribution in [0, 0.1) is 0 Å². The minimum Gasteiger partial charge on any atom is -0.461 e. The molecule has 0 aromatic carbocycles. The van der Waals surface area contributed by atoms with Crippen LogP contribution in [0.15, 0.2) is 23.9 Å². The minimum absolute atomic E-state index is 0.227. The van der Waals surface area contributed by atoms with Gasteiger partial charge in [-0.2, -0.15) is 0 Å². The molecule has 0 bridgehead atoms. The van der Waals surface area contributed by atoms with Gasteiger partial charge in [-0.3, -0.25) is 0 Å². The summed E-state index contributed by atoms with van der Waals surface area (Å²) in [5.74, 6) is -0.789. The van der Waals surface area contributed by atoms with Crippen molar-refractivity contribution in [2.75, 3.05) is 6.54 Å². The van der Waals surface area contributed by atoms with E-state index in [0.717, 1.165) is 25.8 Å². The van der Waals surface area contributed by atoms with E-state index < -0.39 is 11.5 Å². The molecule has 128 valence electrons. The number of allylic oxidation sites excluding steroid dienone is 2. The number of rotatable bonds is 4. The van der Waals surface area contributed by atoms with Crippen molar-refractivity contribution in [3.63, 3.8) is 0 Å². The van der Waals surface area contributed by atoms with Crippen LogP contribution in [0.2, 0.25) is 0 Å². The first-order valence-electron chi connectivity index (χ1n) is 8.45. The summed E-state index contributed by atoms with van der Waals surface area (Å²) in [5, 5.41) is 0. The van der Waals surface area contributed by atoms with Crippen LogP contribution in [0.5, 0.6) is 0 Å². The summed E-state index contributed by atoms with van der Waals surface area (Å²) in [5.41, 5.74) is -0.664. The molecular formula is C18H27NO4. The summed E-state index contributed by atoms with van der Waals surface area (Å²) in [7, 11) is 0. The molecule has 0 saturated carbocycles. The molecule has 1 saturated heterocycles. The van der Waals surface area contributed by atoms with E-state index >= 15 is 0 Å². The third-order valence-electron chi connectivity index (χ3n) is 4.15. The zero-order valence-corrected chi connectivity index (χ0v) is 14.5. The highest BCUT2D eigenvalue weighted by Gasteiger charge is 2.52. The molecule has 2 rings (SSSR count). The van der Waals surface area contributed by atoms with Crippen LogP contribution in [0.4, 0.5) is 0 Å². The number of fused-ring (bicyclic) bond motifs is 1. The second-order valence-corrected chi connectivity index (χ2v) is 6.69. The average Bonchev–Trinajstić information content (AvgIpc) is 2.68. The van der Waals surface area contributed by atoms with Gasteiger partial charge in [0.05, 0.1) is 17.8 Å². The lowest BCUT2D eigenvalue weighted by Gasteiger charge is -2.43. The highest BCUT2D eigenvalue weighted by Crippen LogP contribution is 2.38. The van der Waals surface area contributed by atoms with Gasteiger partial charge in [0.1, 0.15) is 0 Å².